The van der Waals surface area contributed by atoms with Crippen molar-refractivity contribution in [1.82, 2.24) is 4.90 Å². The molecule has 0 spiro atoms. The first kappa shape index (κ1) is 11.0. The third-order valence-electron chi connectivity index (χ3n) is 3.40. The number of nitrogens with zero attached hydrogens (tertiary/aromatic N) is 1. The van der Waals surface area contributed by atoms with E-state index in [-0.39, 0.29) is 0 Å². The maximum absolute atomic E-state index is 5.62. The highest BCUT2D eigenvalue weighted by molar-refractivity contribution is 4.80. The number of nitrogens with two attached hydrogens (primary N) is 1. The minimum absolute atomic E-state index is 0.776. The van der Waals surface area contributed by atoms with E-state index in [9.17, 15) is 0 Å². The summed E-state index contributed by atoms with van der Waals surface area (Å²) in [6.07, 6.45) is 5.30. The van der Waals surface area contributed by atoms with Gasteiger partial charge in [0.25, 0.3) is 0 Å². The maximum Gasteiger partial charge on any atom is 0.0107 e. The molecule has 1 rings (SSSR count). The average molecular weight is 184 g/mol. The first-order valence-electron chi connectivity index (χ1n) is 5.75. The van der Waals surface area contributed by atoms with Crippen LogP contribution in [0.3, 0.4) is 0 Å². The van der Waals surface area contributed by atoms with Crippen LogP contribution in [-0.4, -0.2) is 30.6 Å². The minimum Gasteiger partial charge on any atom is -0.330 e. The molecule has 1 aliphatic rings. The quantitative estimate of drug-likeness (QED) is 0.722. The molecule has 13 heavy (non-hydrogen) atoms. The molecule has 0 amide bonds. The number of rotatable bonds is 4. The van der Waals surface area contributed by atoms with Crippen LogP contribution >= 0.6 is 0 Å². The summed E-state index contributed by atoms with van der Waals surface area (Å²) < 4.78 is 0. The number of hydrogen-bond donors (Lipinski definition) is 1. The van der Waals surface area contributed by atoms with Crippen LogP contribution in [0.25, 0.3) is 0 Å². The molecule has 78 valence electrons. The normalized spacial score (nSPS) is 30.7. The molecule has 0 aromatic rings. The molecule has 2 atom stereocenters. The van der Waals surface area contributed by atoms with E-state index in [1.807, 2.05) is 0 Å². The molecule has 1 fully saturated rings. The van der Waals surface area contributed by atoms with Crippen LogP contribution in [0.4, 0.5) is 0 Å². The molecule has 1 aliphatic heterocycles. The molecule has 2 N–H and O–H groups in total. The summed E-state index contributed by atoms with van der Waals surface area (Å²) in [6.45, 7) is 7.92. The summed E-state index contributed by atoms with van der Waals surface area (Å²) in [7, 11) is 0. The van der Waals surface area contributed by atoms with E-state index in [1.165, 1.54) is 38.8 Å². The summed E-state index contributed by atoms with van der Waals surface area (Å²) in [6, 6.07) is 0.776. The predicted molar refractivity (Wildman–Crippen MR) is 57.7 cm³/mol. The summed E-state index contributed by atoms with van der Waals surface area (Å²) in [5, 5.41) is 0. The van der Waals surface area contributed by atoms with Gasteiger partial charge in [0.05, 0.1) is 0 Å². The molecular formula is C11H24N2. The van der Waals surface area contributed by atoms with Gasteiger partial charge in [0, 0.05) is 12.6 Å². The Bertz CT molecular complexity index is 136. The van der Waals surface area contributed by atoms with Gasteiger partial charge in [0.15, 0.2) is 0 Å². The fraction of sp³-hybridized carbons (Fsp3) is 1.00. The Morgan fingerprint density at radius 3 is 2.62 bits per heavy atom. The van der Waals surface area contributed by atoms with E-state index in [0.29, 0.717) is 0 Å². The smallest absolute Gasteiger partial charge is 0.0107 e. The van der Waals surface area contributed by atoms with E-state index < -0.39 is 0 Å². The van der Waals surface area contributed by atoms with Crippen molar-refractivity contribution in [1.29, 1.82) is 0 Å². The molecule has 0 aromatic heterocycles. The van der Waals surface area contributed by atoms with E-state index in [1.54, 1.807) is 0 Å². The van der Waals surface area contributed by atoms with Gasteiger partial charge in [-0.25, -0.2) is 0 Å². The van der Waals surface area contributed by atoms with E-state index in [2.05, 4.69) is 18.7 Å². The highest BCUT2D eigenvalue weighted by Crippen LogP contribution is 2.25. The van der Waals surface area contributed by atoms with Crippen LogP contribution in [-0.2, 0) is 0 Å². The Labute approximate surface area is 82.5 Å². The van der Waals surface area contributed by atoms with Crippen LogP contribution < -0.4 is 5.73 Å². The van der Waals surface area contributed by atoms with Crippen molar-refractivity contribution in [2.45, 2.75) is 45.6 Å². The number of hydrogen-bond acceptors (Lipinski definition) is 2. The Balaban J connectivity index is 2.40. The first-order chi connectivity index (χ1) is 6.31. The van der Waals surface area contributed by atoms with Crippen molar-refractivity contribution in [2.75, 3.05) is 19.6 Å². The highest BCUT2D eigenvalue weighted by atomic mass is 15.2. The van der Waals surface area contributed by atoms with Gasteiger partial charge < -0.3 is 10.6 Å². The number of piperidine rings is 1. The van der Waals surface area contributed by atoms with Crippen molar-refractivity contribution in [3.05, 3.63) is 0 Å². The summed E-state index contributed by atoms with van der Waals surface area (Å²) >= 11 is 0. The summed E-state index contributed by atoms with van der Waals surface area (Å²) in [5.41, 5.74) is 5.62. The SMILES string of the molecule is CCC1CCC(CCN)N(CC)C1. The predicted octanol–water partition coefficient (Wildman–Crippen LogP) is 1.85. The molecular weight excluding hydrogens is 160 g/mol. The molecule has 1 saturated heterocycles. The Kier molecular flexibility index (Phi) is 4.74. The van der Waals surface area contributed by atoms with Crippen LogP contribution in [0.2, 0.25) is 0 Å². The number of likely N-dealkylation sites (tertiary alicyclic amines) is 1. The molecule has 0 bridgehead atoms. The second-order valence-corrected chi connectivity index (χ2v) is 4.17. The van der Waals surface area contributed by atoms with E-state index >= 15 is 0 Å². The lowest BCUT2D eigenvalue weighted by atomic mass is 9.89. The molecule has 1 heterocycles. The van der Waals surface area contributed by atoms with Crippen LogP contribution in [0, 0.1) is 5.92 Å². The van der Waals surface area contributed by atoms with Gasteiger partial charge >= 0.3 is 0 Å². The fourth-order valence-electron chi connectivity index (χ4n) is 2.42. The van der Waals surface area contributed by atoms with E-state index in [4.69, 9.17) is 5.73 Å². The molecule has 2 heteroatoms. The Morgan fingerprint density at radius 1 is 1.31 bits per heavy atom. The molecule has 0 aliphatic carbocycles. The lowest BCUT2D eigenvalue weighted by Gasteiger charge is -2.38. The molecule has 0 radical (unpaired) electrons. The lowest BCUT2D eigenvalue weighted by Crippen LogP contribution is -2.43. The molecule has 0 saturated carbocycles. The van der Waals surface area contributed by atoms with Crippen molar-refractivity contribution in [3.8, 4) is 0 Å². The zero-order valence-corrected chi connectivity index (χ0v) is 9.13. The minimum atomic E-state index is 0.776. The standard InChI is InChI=1S/C11H24N2/c1-3-10-5-6-11(7-8-12)13(4-2)9-10/h10-11H,3-9,12H2,1-2H3. The maximum atomic E-state index is 5.62. The van der Waals surface area contributed by atoms with Gasteiger partial charge in [-0.2, -0.15) is 0 Å². The van der Waals surface area contributed by atoms with Gasteiger partial charge in [-0.05, 0) is 38.3 Å². The highest BCUT2D eigenvalue weighted by Gasteiger charge is 2.25. The fourth-order valence-corrected chi connectivity index (χ4v) is 2.42. The molecule has 2 unspecified atom stereocenters. The van der Waals surface area contributed by atoms with Gasteiger partial charge in [0.2, 0.25) is 0 Å². The summed E-state index contributed by atoms with van der Waals surface area (Å²) in [5.74, 6) is 0.939. The Morgan fingerprint density at radius 2 is 2.08 bits per heavy atom. The van der Waals surface area contributed by atoms with Crippen molar-refractivity contribution < 1.29 is 0 Å². The van der Waals surface area contributed by atoms with Gasteiger partial charge in [-0.1, -0.05) is 20.3 Å². The van der Waals surface area contributed by atoms with Crippen molar-refractivity contribution in [2.24, 2.45) is 11.7 Å². The van der Waals surface area contributed by atoms with Gasteiger partial charge in [-0.3, -0.25) is 0 Å². The second kappa shape index (κ2) is 5.61. The van der Waals surface area contributed by atoms with Crippen LogP contribution in [0.5, 0.6) is 0 Å². The molecule has 2 nitrogen and oxygen atoms in total. The monoisotopic (exact) mass is 184 g/mol. The zero-order chi connectivity index (χ0) is 9.68. The van der Waals surface area contributed by atoms with Gasteiger partial charge in [-0.15, -0.1) is 0 Å². The Hall–Kier alpha value is -0.0800. The van der Waals surface area contributed by atoms with Crippen molar-refractivity contribution >= 4 is 0 Å². The summed E-state index contributed by atoms with van der Waals surface area (Å²) in [4.78, 5) is 2.62. The van der Waals surface area contributed by atoms with E-state index in [0.717, 1.165) is 18.5 Å². The first-order valence-corrected chi connectivity index (χ1v) is 5.75. The van der Waals surface area contributed by atoms with Crippen LogP contribution in [0.1, 0.15) is 39.5 Å². The van der Waals surface area contributed by atoms with Gasteiger partial charge in [0.1, 0.15) is 0 Å². The lowest BCUT2D eigenvalue weighted by molar-refractivity contribution is 0.107. The van der Waals surface area contributed by atoms with Crippen molar-refractivity contribution in [3.63, 3.8) is 0 Å². The third kappa shape index (κ3) is 2.96. The zero-order valence-electron chi connectivity index (χ0n) is 9.13. The largest absolute Gasteiger partial charge is 0.330 e. The van der Waals surface area contributed by atoms with Crippen LogP contribution in [0.15, 0.2) is 0 Å². The second-order valence-electron chi connectivity index (χ2n) is 4.17. The average Bonchev–Trinajstić information content (AvgIpc) is 2.19. The third-order valence-corrected chi connectivity index (χ3v) is 3.40. The molecule has 0 aromatic carbocycles. The topological polar surface area (TPSA) is 29.3 Å².